The Morgan fingerprint density at radius 2 is 0.769 bits per heavy atom. The van der Waals surface area contributed by atoms with Gasteiger partial charge >= 0.3 is 59.7 Å². The first-order valence-corrected chi connectivity index (χ1v) is 19.8. The number of methoxy groups -OCH3 is 1. The number of carbonyl (C=O) groups excluding carboxylic acids is 10. The summed E-state index contributed by atoms with van der Waals surface area (Å²) >= 11 is 0. The zero-order valence-corrected chi connectivity index (χ0v) is 37.4. The van der Waals surface area contributed by atoms with Crippen molar-refractivity contribution in [3.05, 3.63) is 0 Å². The van der Waals surface area contributed by atoms with Crippen molar-refractivity contribution in [2.24, 2.45) is 0 Å². The molecule has 3 saturated heterocycles. The van der Waals surface area contributed by atoms with Crippen molar-refractivity contribution in [2.75, 3.05) is 26.9 Å². The lowest BCUT2D eigenvalue weighted by Gasteiger charge is -2.48. The van der Waals surface area contributed by atoms with E-state index >= 15 is 0 Å². The Morgan fingerprint density at radius 1 is 0.400 bits per heavy atom. The summed E-state index contributed by atoms with van der Waals surface area (Å²) < 4.78 is 90.1. The van der Waals surface area contributed by atoms with Crippen molar-refractivity contribution in [2.45, 2.75) is 161 Å². The van der Waals surface area contributed by atoms with Gasteiger partial charge in [0.2, 0.25) is 0 Å². The molecule has 0 aromatic carbocycles. The second-order valence-electron chi connectivity index (χ2n) is 14.5. The van der Waals surface area contributed by atoms with Crippen LogP contribution < -0.4 is 0 Å². The van der Waals surface area contributed by atoms with E-state index in [1.165, 1.54) is 7.11 Å². The molecule has 9 unspecified atom stereocenters. The van der Waals surface area contributed by atoms with E-state index in [9.17, 15) is 47.9 Å². The van der Waals surface area contributed by atoms with Gasteiger partial charge in [-0.05, 0) is 0 Å². The molecule has 3 aliphatic rings. The van der Waals surface area contributed by atoms with Crippen molar-refractivity contribution in [3.8, 4) is 0 Å². The monoisotopic (exact) mass is 938 g/mol. The van der Waals surface area contributed by atoms with Gasteiger partial charge in [0.05, 0.1) is 6.61 Å². The number of ether oxygens (including phenoxy) is 16. The highest BCUT2D eigenvalue weighted by molar-refractivity contribution is 5.70. The molecule has 3 fully saturated rings. The van der Waals surface area contributed by atoms with E-state index in [1.807, 2.05) is 0 Å². The van der Waals surface area contributed by atoms with Crippen LogP contribution in [0, 0.1) is 0 Å². The fraction of sp³-hybridized carbons (Fsp3) is 0.744. The SMILES string of the molecule is CO[C@@H]1O[C@@H](C(CO[C@@H]2OC(COC(C)=O)[C@@H](O[C@H]3OC(COC(C)=O)[C@@H](OC(C)=O)C(OC(C)=O)C3OC(C)=O)C(OC(C)=O)C2OC(C)=O)OC(C)=O)C(OC(C)=O)C1OC(C)=O. The zero-order chi connectivity index (χ0) is 48.9. The van der Waals surface area contributed by atoms with Crippen LogP contribution >= 0.6 is 0 Å². The van der Waals surface area contributed by atoms with Crippen LogP contribution in [0.15, 0.2) is 0 Å². The van der Waals surface area contributed by atoms with Crippen LogP contribution in [0.1, 0.15) is 69.2 Å². The van der Waals surface area contributed by atoms with Gasteiger partial charge < -0.3 is 75.8 Å². The second-order valence-corrected chi connectivity index (χ2v) is 14.5. The van der Waals surface area contributed by atoms with E-state index in [1.54, 1.807) is 0 Å². The second kappa shape index (κ2) is 24.7. The standard InChI is InChI=1S/C39H54O26/c1-15(40)51-12-26-28(55-18(4)43)31(56-19(5)44)36(61-24(10)49)39(63-26)65-30-27(13-52-16(2)41)62-38(35(60-23(9)48)33(30)58-21(7)46)53-14-25(54-17(3)42)29-32(57-20(6)45)34(59-22(8)47)37(50-11)64-29/h25-39H,12-14H2,1-11H3/t25?,26?,27?,28-,29+,30-,31?,32?,33?,34?,35?,36?,37-,38-,39-/m1/s1. The molecule has 0 saturated carbocycles. The molecule has 0 spiro atoms. The lowest BCUT2D eigenvalue weighted by molar-refractivity contribution is -0.362. The van der Waals surface area contributed by atoms with Gasteiger partial charge in [0.25, 0.3) is 0 Å². The largest absolute Gasteiger partial charge is 0.463 e. The van der Waals surface area contributed by atoms with Crippen molar-refractivity contribution in [1.82, 2.24) is 0 Å². The average Bonchev–Trinajstić information content (AvgIpc) is 3.49. The molecule has 0 N–H and O–H groups in total. The number of esters is 10. The maximum Gasteiger partial charge on any atom is 0.303 e. The van der Waals surface area contributed by atoms with Crippen LogP contribution in [0.4, 0.5) is 0 Å². The van der Waals surface area contributed by atoms with Crippen molar-refractivity contribution < 1.29 is 124 Å². The molecule has 0 radical (unpaired) electrons. The third kappa shape index (κ3) is 16.1. The minimum atomic E-state index is -1.94. The topological polar surface area (TPSA) is 318 Å². The van der Waals surface area contributed by atoms with Crippen LogP contribution in [-0.2, 0) is 124 Å². The Morgan fingerprint density at radius 3 is 1.20 bits per heavy atom. The van der Waals surface area contributed by atoms with Gasteiger partial charge in [-0.1, -0.05) is 0 Å². The lowest BCUT2D eigenvalue weighted by atomic mass is 9.96. The first-order chi connectivity index (χ1) is 30.4. The molecular weight excluding hydrogens is 884 g/mol. The molecule has 0 aliphatic carbocycles. The molecule has 3 heterocycles. The van der Waals surface area contributed by atoms with Gasteiger partial charge in [-0.3, -0.25) is 47.9 Å². The van der Waals surface area contributed by atoms with Gasteiger partial charge in [0.1, 0.15) is 37.6 Å². The van der Waals surface area contributed by atoms with Gasteiger partial charge in [-0.25, -0.2) is 0 Å². The molecule has 3 aliphatic heterocycles. The summed E-state index contributed by atoms with van der Waals surface area (Å²) in [5, 5.41) is 0. The minimum absolute atomic E-state index is 0.658. The molecule has 15 atom stereocenters. The van der Waals surface area contributed by atoms with Gasteiger partial charge in [-0.15, -0.1) is 0 Å². The van der Waals surface area contributed by atoms with Crippen molar-refractivity contribution >= 4 is 59.7 Å². The number of hydrogen-bond donors (Lipinski definition) is 0. The first kappa shape index (κ1) is 53.8. The Bertz CT molecular complexity index is 1750. The number of rotatable bonds is 19. The van der Waals surface area contributed by atoms with E-state index in [-0.39, 0.29) is 0 Å². The molecule has 26 nitrogen and oxygen atoms in total. The Hall–Kier alpha value is -5.54. The Kier molecular flexibility index (Phi) is 20.4. The van der Waals surface area contributed by atoms with Crippen LogP contribution in [0.2, 0.25) is 0 Å². The molecule has 366 valence electrons. The zero-order valence-electron chi connectivity index (χ0n) is 37.4. The van der Waals surface area contributed by atoms with Gasteiger partial charge in [0, 0.05) is 76.3 Å². The summed E-state index contributed by atoms with van der Waals surface area (Å²) in [6.07, 6.45) is -24.8. The molecule has 0 amide bonds. The predicted molar refractivity (Wildman–Crippen MR) is 202 cm³/mol. The molecule has 0 aromatic rings. The average molecular weight is 939 g/mol. The fourth-order valence-corrected chi connectivity index (χ4v) is 6.99. The van der Waals surface area contributed by atoms with E-state index in [0.717, 1.165) is 69.2 Å². The van der Waals surface area contributed by atoms with E-state index < -0.39 is 172 Å². The summed E-state index contributed by atoms with van der Waals surface area (Å²) in [5.41, 5.74) is 0. The first-order valence-electron chi connectivity index (χ1n) is 19.8. The predicted octanol–water partition coefficient (Wildman–Crippen LogP) is -1.21. The third-order valence-electron chi connectivity index (χ3n) is 9.04. The summed E-state index contributed by atoms with van der Waals surface area (Å²) in [6, 6.07) is 0. The number of hydrogen-bond acceptors (Lipinski definition) is 26. The molecule has 0 bridgehead atoms. The Balaban J connectivity index is 2.18. The van der Waals surface area contributed by atoms with Crippen LogP contribution in [0.5, 0.6) is 0 Å². The summed E-state index contributed by atoms with van der Waals surface area (Å²) in [5.74, 6) is -9.15. The summed E-state index contributed by atoms with van der Waals surface area (Å²) in [6.45, 7) is 8.02. The third-order valence-corrected chi connectivity index (χ3v) is 9.04. The highest BCUT2D eigenvalue weighted by Gasteiger charge is 2.59. The minimum Gasteiger partial charge on any atom is -0.463 e. The fourth-order valence-electron chi connectivity index (χ4n) is 6.99. The molecule has 26 heteroatoms. The molecule has 3 rings (SSSR count). The molecular formula is C39H54O26. The maximum absolute atomic E-state index is 12.8. The van der Waals surface area contributed by atoms with E-state index in [4.69, 9.17) is 75.8 Å². The smallest absolute Gasteiger partial charge is 0.303 e. The highest BCUT2D eigenvalue weighted by atomic mass is 16.8. The quantitative estimate of drug-likeness (QED) is 0.108. The lowest BCUT2D eigenvalue weighted by Crippen LogP contribution is -2.67. The summed E-state index contributed by atoms with van der Waals surface area (Å²) in [4.78, 5) is 124. The molecule has 0 aromatic heterocycles. The van der Waals surface area contributed by atoms with Crippen molar-refractivity contribution in [3.63, 3.8) is 0 Å². The van der Waals surface area contributed by atoms with Crippen LogP contribution in [0.3, 0.4) is 0 Å². The molecule has 65 heavy (non-hydrogen) atoms. The van der Waals surface area contributed by atoms with Crippen molar-refractivity contribution in [1.29, 1.82) is 0 Å². The number of carbonyl (C=O) groups is 10. The maximum atomic E-state index is 12.8. The summed E-state index contributed by atoms with van der Waals surface area (Å²) in [7, 11) is 1.20. The van der Waals surface area contributed by atoms with Gasteiger partial charge in [-0.2, -0.15) is 0 Å². The van der Waals surface area contributed by atoms with Gasteiger partial charge in [0.15, 0.2) is 67.7 Å². The Labute approximate surface area is 371 Å². The van der Waals surface area contributed by atoms with Crippen LogP contribution in [-0.4, -0.2) is 179 Å². The van der Waals surface area contributed by atoms with E-state index in [2.05, 4.69) is 0 Å². The van der Waals surface area contributed by atoms with E-state index in [0.29, 0.717) is 0 Å². The highest BCUT2D eigenvalue weighted by Crippen LogP contribution is 2.37. The normalized spacial score (nSPS) is 31.1. The van der Waals surface area contributed by atoms with Crippen LogP contribution in [0.25, 0.3) is 0 Å².